The lowest BCUT2D eigenvalue weighted by Crippen LogP contribution is -2.38. The molecule has 0 saturated carbocycles. The second kappa shape index (κ2) is 8.97. The van der Waals surface area contributed by atoms with Crippen LogP contribution in [0.3, 0.4) is 0 Å². The van der Waals surface area contributed by atoms with Gasteiger partial charge in [-0.25, -0.2) is 0 Å². The van der Waals surface area contributed by atoms with Crippen molar-refractivity contribution in [1.29, 1.82) is 0 Å². The Morgan fingerprint density at radius 2 is 1.72 bits per heavy atom. The summed E-state index contributed by atoms with van der Waals surface area (Å²) in [6.45, 7) is 3.76. The van der Waals surface area contributed by atoms with Gasteiger partial charge in [-0.05, 0) is 43.2 Å². The number of hydrogen-bond donors (Lipinski definition) is 1. The van der Waals surface area contributed by atoms with Crippen molar-refractivity contribution in [2.45, 2.75) is 32.4 Å². The van der Waals surface area contributed by atoms with Crippen LogP contribution in [0.4, 0.5) is 0 Å². The minimum Gasteiger partial charge on any atom is -0.493 e. The minimum absolute atomic E-state index is 0.130. The number of benzene rings is 2. The molecule has 134 valence electrons. The highest BCUT2D eigenvalue weighted by Gasteiger charge is 2.20. The number of methoxy groups -OCH3 is 2. The van der Waals surface area contributed by atoms with Gasteiger partial charge in [0.05, 0.1) is 20.3 Å². The summed E-state index contributed by atoms with van der Waals surface area (Å²) in [5.74, 6) is 1.81. The second-order valence-electron chi connectivity index (χ2n) is 5.66. The number of ether oxygens (including phenoxy) is 3. The van der Waals surface area contributed by atoms with Crippen LogP contribution in [0, 0.1) is 0 Å². The molecule has 0 fully saturated rings. The lowest BCUT2D eigenvalue weighted by atomic mass is 10.0. The minimum atomic E-state index is -0.586. The second-order valence-corrected chi connectivity index (χ2v) is 5.66. The van der Waals surface area contributed by atoms with E-state index in [2.05, 4.69) is 5.32 Å². The molecular weight excluding hydrogens is 318 g/mol. The van der Waals surface area contributed by atoms with Crippen molar-refractivity contribution in [3.05, 3.63) is 54.1 Å². The molecule has 0 aromatic heterocycles. The van der Waals surface area contributed by atoms with E-state index in [0.29, 0.717) is 17.2 Å². The molecule has 25 heavy (non-hydrogen) atoms. The first-order chi connectivity index (χ1) is 12.1. The van der Waals surface area contributed by atoms with Crippen LogP contribution in [0.1, 0.15) is 31.9 Å². The topological polar surface area (TPSA) is 56.8 Å². The van der Waals surface area contributed by atoms with E-state index in [4.69, 9.17) is 14.2 Å². The van der Waals surface area contributed by atoms with Gasteiger partial charge < -0.3 is 19.5 Å². The maximum atomic E-state index is 12.5. The van der Waals surface area contributed by atoms with Gasteiger partial charge in [-0.2, -0.15) is 0 Å². The Morgan fingerprint density at radius 3 is 2.32 bits per heavy atom. The molecule has 2 unspecified atom stereocenters. The summed E-state index contributed by atoms with van der Waals surface area (Å²) in [6, 6.07) is 14.8. The van der Waals surface area contributed by atoms with Crippen molar-refractivity contribution in [2.75, 3.05) is 14.2 Å². The van der Waals surface area contributed by atoms with Gasteiger partial charge in [0, 0.05) is 0 Å². The quantitative estimate of drug-likeness (QED) is 0.793. The molecule has 0 aliphatic heterocycles. The van der Waals surface area contributed by atoms with Crippen LogP contribution in [-0.2, 0) is 4.79 Å². The zero-order valence-electron chi connectivity index (χ0n) is 15.1. The van der Waals surface area contributed by atoms with Crippen LogP contribution in [0.15, 0.2) is 48.5 Å². The summed E-state index contributed by atoms with van der Waals surface area (Å²) in [5, 5.41) is 3.03. The number of para-hydroxylation sites is 1. The highest BCUT2D eigenvalue weighted by Crippen LogP contribution is 2.30. The lowest BCUT2D eigenvalue weighted by Gasteiger charge is -2.22. The lowest BCUT2D eigenvalue weighted by molar-refractivity contribution is -0.128. The van der Waals surface area contributed by atoms with E-state index in [9.17, 15) is 4.79 Å². The Bertz CT molecular complexity index is 687. The first kappa shape index (κ1) is 18.6. The highest BCUT2D eigenvalue weighted by atomic mass is 16.5. The van der Waals surface area contributed by atoms with Gasteiger partial charge in [0.25, 0.3) is 5.91 Å². The summed E-state index contributed by atoms with van der Waals surface area (Å²) in [7, 11) is 3.19. The average molecular weight is 343 g/mol. The van der Waals surface area contributed by atoms with Crippen molar-refractivity contribution in [3.8, 4) is 17.2 Å². The standard InChI is InChI=1S/C20H25NO4/c1-5-17(15-11-12-18(23-3)19(13-15)24-4)21-20(22)14(2)25-16-9-7-6-8-10-16/h6-14,17H,5H2,1-4H3,(H,21,22). The highest BCUT2D eigenvalue weighted by molar-refractivity contribution is 5.81. The molecule has 1 N–H and O–H groups in total. The van der Waals surface area contributed by atoms with Gasteiger partial charge in [-0.1, -0.05) is 31.2 Å². The molecule has 5 nitrogen and oxygen atoms in total. The molecular formula is C20H25NO4. The predicted octanol–water partition coefficient (Wildman–Crippen LogP) is 3.74. The summed E-state index contributed by atoms with van der Waals surface area (Å²) in [5.41, 5.74) is 0.959. The van der Waals surface area contributed by atoms with Gasteiger partial charge in [0.2, 0.25) is 0 Å². The van der Waals surface area contributed by atoms with Crippen LogP contribution in [0.25, 0.3) is 0 Å². The van der Waals surface area contributed by atoms with Crippen LogP contribution in [-0.4, -0.2) is 26.2 Å². The summed E-state index contributed by atoms with van der Waals surface area (Å²) in [4.78, 5) is 12.5. The van der Waals surface area contributed by atoms with Crippen LogP contribution < -0.4 is 19.5 Å². The Hall–Kier alpha value is -2.69. The molecule has 5 heteroatoms. The van der Waals surface area contributed by atoms with Gasteiger partial charge in [-0.15, -0.1) is 0 Å². The number of carbonyl (C=O) groups is 1. The molecule has 0 spiro atoms. The van der Waals surface area contributed by atoms with Crippen molar-refractivity contribution in [1.82, 2.24) is 5.32 Å². The Balaban J connectivity index is 2.06. The largest absolute Gasteiger partial charge is 0.493 e. The van der Waals surface area contributed by atoms with Crippen molar-refractivity contribution in [3.63, 3.8) is 0 Å². The number of rotatable bonds is 8. The maximum Gasteiger partial charge on any atom is 0.261 e. The van der Waals surface area contributed by atoms with E-state index in [1.54, 1.807) is 21.1 Å². The van der Waals surface area contributed by atoms with Crippen LogP contribution >= 0.6 is 0 Å². The fraction of sp³-hybridized carbons (Fsp3) is 0.350. The Morgan fingerprint density at radius 1 is 1.04 bits per heavy atom. The Kier molecular flexibility index (Phi) is 6.69. The molecule has 0 aliphatic rings. The van der Waals surface area contributed by atoms with E-state index >= 15 is 0 Å². The molecule has 0 bridgehead atoms. The number of carbonyl (C=O) groups excluding carboxylic acids is 1. The average Bonchev–Trinajstić information content (AvgIpc) is 2.66. The number of hydrogen-bond acceptors (Lipinski definition) is 4. The van der Waals surface area contributed by atoms with E-state index in [1.165, 1.54) is 0 Å². The van der Waals surface area contributed by atoms with E-state index in [1.807, 2.05) is 55.5 Å². The smallest absolute Gasteiger partial charge is 0.261 e. The van der Waals surface area contributed by atoms with Gasteiger partial charge in [0.15, 0.2) is 17.6 Å². The number of nitrogens with one attached hydrogen (secondary N) is 1. The van der Waals surface area contributed by atoms with Crippen molar-refractivity contribution < 1.29 is 19.0 Å². The third kappa shape index (κ3) is 4.89. The predicted molar refractivity (Wildman–Crippen MR) is 97.3 cm³/mol. The van der Waals surface area contributed by atoms with Crippen LogP contribution in [0.5, 0.6) is 17.2 Å². The molecule has 2 rings (SSSR count). The SMILES string of the molecule is CCC(NC(=O)C(C)Oc1ccccc1)c1ccc(OC)c(OC)c1. The third-order valence-electron chi connectivity index (χ3n) is 3.96. The first-order valence-corrected chi connectivity index (χ1v) is 8.33. The Labute approximate surface area is 148 Å². The molecule has 2 aromatic rings. The maximum absolute atomic E-state index is 12.5. The molecule has 2 aromatic carbocycles. The first-order valence-electron chi connectivity index (χ1n) is 8.33. The fourth-order valence-electron chi connectivity index (χ4n) is 2.54. The van der Waals surface area contributed by atoms with Gasteiger partial charge in [-0.3, -0.25) is 4.79 Å². The molecule has 0 radical (unpaired) electrons. The normalized spacial score (nSPS) is 12.8. The molecule has 0 heterocycles. The van der Waals surface area contributed by atoms with Crippen molar-refractivity contribution >= 4 is 5.91 Å². The number of amides is 1. The summed E-state index contributed by atoms with van der Waals surface area (Å²) < 4.78 is 16.3. The van der Waals surface area contributed by atoms with Gasteiger partial charge in [0.1, 0.15) is 5.75 Å². The molecule has 1 amide bonds. The van der Waals surface area contributed by atoms with Crippen LogP contribution in [0.2, 0.25) is 0 Å². The third-order valence-corrected chi connectivity index (χ3v) is 3.96. The summed E-state index contributed by atoms with van der Waals surface area (Å²) in [6.07, 6.45) is 0.163. The molecule has 2 atom stereocenters. The zero-order chi connectivity index (χ0) is 18.2. The zero-order valence-corrected chi connectivity index (χ0v) is 15.1. The van der Waals surface area contributed by atoms with Gasteiger partial charge >= 0.3 is 0 Å². The fourth-order valence-corrected chi connectivity index (χ4v) is 2.54. The van der Waals surface area contributed by atoms with E-state index in [0.717, 1.165) is 12.0 Å². The molecule has 0 saturated heterocycles. The van der Waals surface area contributed by atoms with E-state index < -0.39 is 6.10 Å². The van der Waals surface area contributed by atoms with E-state index in [-0.39, 0.29) is 11.9 Å². The molecule has 0 aliphatic carbocycles. The monoisotopic (exact) mass is 343 g/mol. The van der Waals surface area contributed by atoms with Crippen molar-refractivity contribution in [2.24, 2.45) is 0 Å². The summed E-state index contributed by atoms with van der Waals surface area (Å²) >= 11 is 0.